The minimum atomic E-state index is 0.756. The van der Waals surface area contributed by atoms with Crippen LogP contribution < -0.4 is 11.5 Å². The molecule has 2 unspecified atom stereocenters. The van der Waals surface area contributed by atoms with Crippen LogP contribution in [0.15, 0.2) is 0 Å². The molecule has 2 atom stereocenters. The first-order valence-corrected chi connectivity index (χ1v) is 4.77. The standard InChI is InChI=1S/C9H20N2/c10-6-8-3-1-2-4-9(5-8)7-11/h8-9H,1-7,10-11H2. The molecule has 1 rings (SSSR count). The average molecular weight is 156 g/mol. The molecule has 11 heavy (non-hydrogen) atoms. The van der Waals surface area contributed by atoms with Crippen molar-refractivity contribution < 1.29 is 0 Å². The molecule has 66 valence electrons. The summed E-state index contributed by atoms with van der Waals surface area (Å²) in [5, 5.41) is 0. The minimum absolute atomic E-state index is 0.756. The van der Waals surface area contributed by atoms with E-state index in [1.165, 1.54) is 32.1 Å². The molecule has 0 aromatic rings. The highest BCUT2D eigenvalue weighted by Gasteiger charge is 2.17. The number of hydrogen-bond acceptors (Lipinski definition) is 2. The summed E-state index contributed by atoms with van der Waals surface area (Å²) in [6.45, 7) is 1.72. The molecular weight excluding hydrogens is 136 g/mol. The SMILES string of the molecule is NCC1CCCCC(CN)C1. The number of hydrogen-bond donors (Lipinski definition) is 2. The van der Waals surface area contributed by atoms with Crippen LogP contribution in [0.4, 0.5) is 0 Å². The average Bonchev–Trinajstić information content (AvgIpc) is 2.28. The summed E-state index contributed by atoms with van der Waals surface area (Å²) in [6.07, 6.45) is 6.64. The van der Waals surface area contributed by atoms with Gasteiger partial charge in [0.05, 0.1) is 0 Å². The molecule has 2 heteroatoms. The summed E-state index contributed by atoms with van der Waals surface area (Å²) >= 11 is 0. The van der Waals surface area contributed by atoms with Gasteiger partial charge in [0.1, 0.15) is 0 Å². The van der Waals surface area contributed by atoms with Crippen LogP contribution in [-0.4, -0.2) is 13.1 Å². The molecule has 0 radical (unpaired) electrons. The Kier molecular flexibility index (Phi) is 3.87. The Labute approximate surface area is 69.3 Å². The van der Waals surface area contributed by atoms with Crippen LogP contribution >= 0.6 is 0 Å². The fourth-order valence-electron chi connectivity index (χ4n) is 2.00. The van der Waals surface area contributed by atoms with E-state index >= 15 is 0 Å². The van der Waals surface area contributed by atoms with Crippen molar-refractivity contribution in [3.05, 3.63) is 0 Å². The first-order chi connectivity index (χ1) is 5.36. The van der Waals surface area contributed by atoms with E-state index in [4.69, 9.17) is 11.5 Å². The molecular formula is C9H20N2. The van der Waals surface area contributed by atoms with Gasteiger partial charge in [-0.25, -0.2) is 0 Å². The lowest BCUT2D eigenvalue weighted by atomic mass is 9.93. The normalized spacial score (nSPS) is 33.3. The molecule has 1 fully saturated rings. The maximum atomic E-state index is 5.65. The van der Waals surface area contributed by atoms with Crippen LogP contribution in [0.2, 0.25) is 0 Å². The molecule has 1 aliphatic rings. The van der Waals surface area contributed by atoms with E-state index in [1.54, 1.807) is 0 Å². The van der Waals surface area contributed by atoms with Crippen molar-refractivity contribution >= 4 is 0 Å². The van der Waals surface area contributed by atoms with Gasteiger partial charge in [-0.1, -0.05) is 12.8 Å². The summed E-state index contributed by atoms with van der Waals surface area (Å²) < 4.78 is 0. The Hall–Kier alpha value is -0.0800. The van der Waals surface area contributed by atoms with E-state index in [1.807, 2.05) is 0 Å². The molecule has 0 spiro atoms. The molecule has 0 bridgehead atoms. The van der Waals surface area contributed by atoms with E-state index in [0.29, 0.717) is 0 Å². The molecule has 0 aromatic carbocycles. The van der Waals surface area contributed by atoms with Crippen molar-refractivity contribution in [3.63, 3.8) is 0 Å². The van der Waals surface area contributed by atoms with E-state index in [9.17, 15) is 0 Å². The zero-order valence-corrected chi connectivity index (χ0v) is 7.26. The van der Waals surface area contributed by atoms with Gasteiger partial charge in [0, 0.05) is 0 Å². The zero-order chi connectivity index (χ0) is 8.10. The minimum Gasteiger partial charge on any atom is -0.330 e. The van der Waals surface area contributed by atoms with Crippen molar-refractivity contribution in [2.24, 2.45) is 23.3 Å². The Morgan fingerprint density at radius 1 is 0.909 bits per heavy atom. The van der Waals surface area contributed by atoms with E-state index in [2.05, 4.69) is 0 Å². The van der Waals surface area contributed by atoms with Gasteiger partial charge in [-0.15, -0.1) is 0 Å². The molecule has 0 heterocycles. The number of rotatable bonds is 2. The fraction of sp³-hybridized carbons (Fsp3) is 1.00. The molecule has 0 aliphatic heterocycles. The second-order valence-corrected chi connectivity index (χ2v) is 3.72. The van der Waals surface area contributed by atoms with Gasteiger partial charge >= 0.3 is 0 Å². The summed E-state index contributed by atoms with van der Waals surface area (Å²) in [5.74, 6) is 1.51. The topological polar surface area (TPSA) is 52.0 Å². The van der Waals surface area contributed by atoms with Crippen LogP contribution in [-0.2, 0) is 0 Å². The Balaban J connectivity index is 2.33. The highest BCUT2D eigenvalue weighted by molar-refractivity contribution is 4.72. The van der Waals surface area contributed by atoms with Gasteiger partial charge in [0.25, 0.3) is 0 Å². The molecule has 0 saturated heterocycles. The first kappa shape index (κ1) is 9.01. The predicted molar refractivity (Wildman–Crippen MR) is 48.2 cm³/mol. The van der Waals surface area contributed by atoms with Gasteiger partial charge in [-0.3, -0.25) is 0 Å². The van der Waals surface area contributed by atoms with Crippen molar-refractivity contribution in [2.75, 3.05) is 13.1 Å². The van der Waals surface area contributed by atoms with Gasteiger partial charge < -0.3 is 11.5 Å². The number of nitrogens with two attached hydrogens (primary N) is 2. The van der Waals surface area contributed by atoms with Gasteiger partial charge in [-0.2, -0.15) is 0 Å². The molecule has 1 saturated carbocycles. The quantitative estimate of drug-likeness (QED) is 0.588. The second kappa shape index (κ2) is 4.73. The van der Waals surface area contributed by atoms with Crippen molar-refractivity contribution in [1.82, 2.24) is 0 Å². The smallest absolute Gasteiger partial charge is 0.00488 e. The van der Waals surface area contributed by atoms with Crippen LogP contribution in [0.1, 0.15) is 32.1 Å². The molecule has 0 aromatic heterocycles. The van der Waals surface area contributed by atoms with Crippen molar-refractivity contribution in [1.29, 1.82) is 0 Å². The maximum Gasteiger partial charge on any atom is -0.00488 e. The van der Waals surface area contributed by atoms with Gasteiger partial charge in [0.15, 0.2) is 0 Å². The third-order valence-electron chi connectivity index (χ3n) is 2.81. The lowest BCUT2D eigenvalue weighted by Gasteiger charge is -2.16. The highest BCUT2D eigenvalue weighted by atomic mass is 14.6. The van der Waals surface area contributed by atoms with Crippen molar-refractivity contribution in [2.45, 2.75) is 32.1 Å². The van der Waals surface area contributed by atoms with Crippen LogP contribution in [0.25, 0.3) is 0 Å². The lowest BCUT2D eigenvalue weighted by molar-refractivity contribution is 0.387. The van der Waals surface area contributed by atoms with Crippen LogP contribution in [0, 0.1) is 11.8 Å². The molecule has 1 aliphatic carbocycles. The van der Waals surface area contributed by atoms with Crippen LogP contribution in [0.3, 0.4) is 0 Å². The third kappa shape index (κ3) is 2.80. The Bertz CT molecular complexity index is 91.7. The zero-order valence-electron chi connectivity index (χ0n) is 7.26. The van der Waals surface area contributed by atoms with E-state index in [0.717, 1.165) is 24.9 Å². The van der Waals surface area contributed by atoms with Gasteiger partial charge in [-0.05, 0) is 44.2 Å². The fourth-order valence-corrected chi connectivity index (χ4v) is 2.00. The van der Waals surface area contributed by atoms with E-state index in [-0.39, 0.29) is 0 Å². The predicted octanol–water partition coefficient (Wildman–Crippen LogP) is 1.10. The third-order valence-corrected chi connectivity index (χ3v) is 2.81. The summed E-state index contributed by atoms with van der Waals surface area (Å²) in [5.41, 5.74) is 11.3. The molecule has 0 amide bonds. The van der Waals surface area contributed by atoms with Crippen molar-refractivity contribution in [3.8, 4) is 0 Å². The second-order valence-electron chi connectivity index (χ2n) is 3.72. The summed E-state index contributed by atoms with van der Waals surface area (Å²) in [7, 11) is 0. The molecule has 2 nitrogen and oxygen atoms in total. The highest BCUT2D eigenvalue weighted by Crippen LogP contribution is 2.26. The van der Waals surface area contributed by atoms with Gasteiger partial charge in [0.2, 0.25) is 0 Å². The summed E-state index contributed by atoms with van der Waals surface area (Å²) in [6, 6.07) is 0. The Morgan fingerprint density at radius 2 is 1.36 bits per heavy atom. The van der Waals surface area contributed by atoms with E-state index < -0.39 is 0 Å². The first-order valence-electron chi connectivity index (χ1n) is 4.77. The maximum absolute atomic E-state index is 5.65. The largest absolute Gasteiger partial charge is 0.330 e. The summed E-state index contributed by atoms with van der Waals surface area (Å²) in [4.78, 5) is 0. The lowest BCUT2D eigenvalue weighted by Crippen LogP contribution is -2.20. The van der Waals surface area contributed by atoms with Crippen LogP contribution in [0.5, 0.6) is 0 Å². The monoisotopic (exact) mass is 156 g/mol. The molecule has 4 N–H and O–H groups in total. The Morgan fingerprint density at radius 3 is 1.73 bits per heavy atom.